The molecule has 5 heteroatoms. The Kier molecular flexibility index (Phi) is 2.67. The van der Waals surface area contributed by atoms with Gasteiger partial charge in [-0.3, -0.25) is 0 Å². The number of ether oxygens (including phenoxy) is 2. The third kappa shape index (κ3) is 1.70. The third-order valence-corrected chi connectivity index (χ3v) is 2.44. The monoisotopic (exact) mass is 232 g/mol. The molecular formula is C11H11F3O2. The summed E-state index contributed by atoms with van der Waals surface area (Å²) >= 11 is 0. The molecule has 0 aromatic heterocycles. The van der Waals surface area contributed by atoms with E-state index in [0.717, 1.165) is 0 Å². The summed E-state index contributed by atoms with van der Waals surface area (Å²) in [5.74, 6) is -2.44. The Hall–Kier alpha value is -1.07. The van der Waals surface area contributed by atoms with Gasteiger partial charge in [0.25, 0.3) is 5.79 Å². The Morgan fingerprint density at radius 2 is 1.94 bits per heavy atom. The van der Waals surface area contributed by atoms with Gasteiger partial charge >= 0.3 is 6.18 Å². The molecule has 2 unspecified atom stereocenters. The van der Waals surface area contributed by atoms with Crippen molar-refractivity contribution in [1.29, 1.82) is 0 Å². The smallest absolute Gasteiger partial charge is 0.341 e. The largest absolute Gasteiger partial charge is 0.446 e. The van der Waals surface area contributed by atoms with Gasteiger partial charge in [-0.25, -0.2) is 0 Å². The van der Waals surface area contributed by atoms with Crippen molar-refractivity contribution in [2.75, 3.05) is 6.61 Å². The molecule has 2 atom stereocenters. The molecule has 1 heterocycles. The van der Waals surface area contributed by atoms with Gasteiger partial charge in [-0.1, -0.05) is 30.3 Å². The topological polar surface area (TPSA) is 21.8 Å². The molecule has 2 rings (SSSR count). The first-order chi connectivity index (χ1) is 7.51. The molecule has 1 fully saturated rings. The van der Waals surface area contributed by atoms with Gasteiger partial charge in [0.1, 0.15) is 6.10 Å². The summed E-state index contributed by atoms with van der Waals surface area (Å²) in [4.78, 5) is 0. The van der Waals surface area contributed by atoms with E-state index >= 15 is 0 Å². The molecule has 88 valence electrons. The second-order valence-corrected chi connectivity index (χ2v) is 3.51. The number of halogens is 3. The first-order valence-electron chi connectivity index (χ1n) is 4.94. The molecule has 1 aliphatic heterocycles. The Morgan fingerprint density at radius 3 is 2.44 bits per heavy atom. The van der Waals surface area contributed by atoms with Crippen LogP contribution in [0.25, 0.3) is 0 Å². The van der Waals surface area contributed by atoms with Gasteiger partial charge in [0, 0.05) is 6.61 Å². The standard InChI is InChI=1S/C11H11F3O2/c1-2-15-10(11(12,13)14)9(16-10)8-6-4-3-5-7-8/h3-7,9H,2H2,1H3. The molecule has 1 aliphatic rings. The van der Waals surface area contributed by atoms with Gasteiger partial charge in [0.15, 0.2) is 0 Å². The maximum absolute atomic E-state index is 12.8. The third-order valence-electron chi connectivity index (χ3n) is 2.44. The van der Waals surface area contributed by atoms with Crippen LogP contribution >= 0.6 is 0 Å². The predicted molar refractivity (Wildman–Crippen MR) is 50.7 cm³/mol. The van der Waals surface area contributed by atoms with Gasteiger partial charge in [0.05, 0.1) is 0 Å². The number of hydrogen-bond donors (Lipinski definition) is 0. The molecule has 0 bridgehead atoms. The molecule has 1 saturated heterocycles. The van der Waals surface area contributed by atoms with Crippen molar-refractivity contribution in [3.8, 4) is 0 Å². The van der Waals surface area contributed by atoms with E-state index in [9.17, 15) is 13.2 Å². The summed E-state index contributed by atoms with van der Waals surface area (Å²) in [6.45, 7) is 1.47. The predicted octanol–water partition coefficient (Wildman–Crippen LogP) is 3.05. The molecule has 0 N–H and O–H groups in total. The minimum Gasteiger partial charge on any atom is -0.341 e. The van der Waals surface area contributed by atoms with Crippen molar-refractivity contribution in [3.05, 3.63) is 35.9 Å². The van der Waals surface area contributed by atoms with Crippen LogP contribution in [0.1, 0.15) is 18.6 Å². The number of benzene rings is 1. The van der Waals surface area contributed by atoms with Crippen molar-refractivity contribution in [3.63, 3.8) is 0 Å². The maximum Gasteiger partial charge on any atom is 0.446 e. The lowest BCUT2D eigenvalue weighted by Gasteiger charge is -2.16. The molecule has 0 radical (unpaired) electrons. The van der Waals surface area contributed by atoms with Gasteiger partial charge in [-0.15, -0.1) is 0 Å². The zero-order chi connectivity index (χ0) is 11.8. The summed E-state index contributed by atoms with van der Waals surface area (Å²) in [5.41, 5.74) is 0.480. The molecule has 0 aliphatic carbocycles. The zero-order valence-corrected chi connectivity index (χ0v) is 8.62. The summed E-state index contributed by atoms with van der Waals surface area (Å²) in [5, 5.41) is 0. The van der Waals surface area contributed by atoms with E-state index in [1.165, 1.54) is 6.92 Å². The van der Waals surface area contributed by atoms with Crippen LogP contribution in [0.4, 0.5) is 13.2 Å². The van der Waals surface area contributed by atoms with Crippen LogP contribution in [0.2, 0.25) is 0 Å². The maximum atomic E-state index is 12.8. The van der Waals surface area contributed by atoms with Gasteiger partial charge < -0.3 is 9.47 Å². The molecular weight excluding hydrogens is 221 g/mol. The van der Waals surface area contributed by atoms with Crippen LogP contribution in [0.15, 0.2) is 30.3 Å². The molecule has 1 aromatic carbocycles. The Bertz CT molecular complexity index is 363. The fraction of sp³-hybridized carbons (Fsp3) is 0.455. The Morgan fingerprint density at radius 1 is 1.31 bits per heavy atom. The van der Waals surface area contributed by atoms with Gasteiger partial charge in [-0.05, 0) is 12.5 Å². The van der Waals surface area contributed by atoms with Crippen LogP contribution in [0.5, 0.6) is 0 Å². The molecule has 1 aromatic rings. The highest BCUT2D eigenvalue weighted by molar-refractivity contribution is 5.25. The SMILES string of the molecule is CCOC1(C(F)(F)F)OC1c1ccccc1. The van der Waals surface area contributed by atoms with Gasteiger partial charge in [0.2, 0.25) is 0 Å². The number of hydrogen-bond acceptors (Lipinski definition) is 2. The number of epoxide rings is 1. The lowest BCUT2D eigenvalue weighted by Crippen LogP contribution is -2.36. The molecule has 0 amide bonds. The van der Waals surface area contributed by atoms with Crippen LogP contribution in [-0.4, -0.2) is 18.6 Å². The van der Waals surface area contributed by atoms with E-state index in [0.29, 0.717) is 5.56 Å². The van der Waals surface area contributed by atoms with Crippen LogP contribution in [-0.2, 0) is 9.47 Å². The minimum atomic E-state index is -4.51. The highest BCUT2D eigenvalue weighted by atomic mass is 19.4. The summed E-state index contributed by atoms with van der Waals surface area (Å²) in [6.07, 6.45) is -5.56. The van der Waals surface area contributed by atoms with E-state index < -0.39 is 18.1 Å². The first kappa shape index (κ1) is 11.4. The van der Waals surface area contributed by atoms with Crippen LogP contribution in [0, 0.1) is 0 Å². The van der Waals surface area contributed by atoms with E-state index in [4.69, 9.17) is 9.47 Å². The fourth-order valence-corrected chi connectivity index (χ4v) is 1.68. The molecule has 16 heavy (non-hydrogen) atoms. The average Bonchev–Trinajstić information content (AvgIpc) is 2.95. The first-order valence-corrected chi connectivity index (χ1v) is 4.94. The van der Waals surface area contributed by atoms with Gasteiger partial charge in [-0.2, -0.15) is 13.2 Å². The van der Waals surface area contributed by atoms with Crippen molar-refractivity contribution < 1.29 is 22.6 Å². The summed E-state index contributed by atoms with van der Waals surface area (Å²) < 4.78 is 47.8. The highest BCUT2D eigenvalue weighted by Gasteiger charge is 2.75. The van der Waals surface area contributed by atoms with E-state index in [2.05, 4.69) is 0 Å². The van der Waals surface area contributed by atoms with E-state index in [1.54, 1.807) is 30.3 Å². The zero-order valence-electron chi connectivity index (χ0n) is 8.62. The minimum absolute atomic E-state index is 0.0388. The Balaban J connectivity index is 2.23. The van der Waals surface area contributed by atoms with Crippen molar-refractivity contribution in [1.82, 2.24) is 0 Å². The second kappa shape index (κ2) is 3.75. The number of rotatable bonds is 3. The van der Waals surface area contributed by atoms with Crippen LogP contribution < -0.4 is 0 Å². The summed E-state index contributed by atoms with van der Waals surface area (Å²) in [7, 11) is 0. The van der Waals surface area contributed by atoms with Crippen molar-refractivity contribution in [2.24, 2.45) is 0 Å². The van der Waals surface area contributed by atoms with E-state index in [1.807, 2.05) is 0 Å². The second-order valence-electron chi connectivity index (χ2n) is 3.51. The summed E-state index contributed by atoms with van der Waals surface area (Å²) in [6, 6.07) is 8.27. The molecule has 0 saturated carbocycles. The normalized spacial score (nSPS) is 29.1. The fourth-order valence-electron chi connectivity index (χ4n) is 1.68. The lowest BCUT2D eigenvalue weighted by molar-refractivity contribution is -0.270. The highest BCUT2D eigenvalue weighted by Crippen LogP contribution is 2.59. The lowest BCUT2D eigenvalue weighted by atomic mass is 10.1. The average molecular weight is 232 g/mol. The molecule has 0 spiro atoms. The molecule has 2 nitrogen and oxygen atoms in total. The Labute approximate surface area is 91.0 Å². The van der Waals surface area contributed by atoms with Crippen molar-refractivity contribution >= 4 is 0 Å². The van der Waals surface area contributed by atoms with Crippen LogP contribution in [0.3, 0.4) is 0 Å². The quantitative estimate of drug-likeness (QED) is 0.747. The van der Waals surface area contributed by atoms with Crippen molar-refractivity contribution in [2.45, 2.75) is 25.0 Å². The van der Waals surface area contributed by atoms with E-state index in [-0.39, 0.29) is 6.61 Å². The number of alkyl halides is 3.